The second kappa shape index (κ2) is 5.64. The maximum Gasteiger partial charge on any atom is 0.293 e. The lowest BCUT2D eigenvalue weighted by atomic mass is 10.1. The number of hydrogen-bond donors (Lipinski definition) is 0. The van der Waals surface area contributed by atoms with Crippen LogP contribution >= 0.6 is 11.6 Å². The molecule has 1 fully saturated rings. The molecule has 0 unspecified atom stereocenters. The molecule has 1 aliphatic carbocycles. The number of rotatable bonds is 7. The molecule has 0 aliphatic heterocycles. The van der Waals surface area contributed by atoms with E-state index in [1.54, 1.807) is 0 Å². The number of fused-ring (bicyclic) bond motifs is 1. The minimum absolute atomic E-state index is 0.217. The number of hydrogen-bond acceptors (Lipinski definition) is 3. The summed E-state index contributed by atoms with van der Waals surface area (Å²) in [5.41, 5.74) is 2.37. The summed E-state index contributed by atoms with van der Waals surface area (Å²) in [4.78, 5) is 14.8. The van der Waals surface area contributed by atoms with Crippen LogP contribution < -0.4 is 0 Å². The van der Waals surface area contributed by atoms with Gasteiger partial charge in [-0.3, -0.25) is 9.18 Å². The van der Waals surface area contributed by atoms with Gasteiger partial charge in [-0.1, -0.05) is 6.07 Å². The smallest absolute Gasteiger partial charge is 0.293 e. The zero-order valence-electron chi connectivity index (χ0n) is 11.5. The van der Waals surface area contributed by atoms with Gasteiger partial charge in [0.05, 0.1) is 23.6 Å². The van der Waals surface area contributed by atoms with Gasteiger partial charge in [-0.15, -0.1) is 11.6 Å². The van der Waals surface area contributed by atoms with Gasteiger partial charge in [-0.2, -0.15) is 0 Å². The molecule has 0 bridgehead atoms. The maximum atomic E-state index is 13.2. The van der Waals surface area contributed by atoms with Gasteiger partial charge in [0.15, 0.2) is 0 Å². The summed E-state index contributed by atoms with van der Waals surface area (Å²) in [6.07, 6.45) is 1.80. The normalized spacial score (nSPS) is 16.1. The summed E-state index contributed by atoms with van der Waals surface area (Å²) in [6.45, 7) is 0.922. The highest BCUT2D eigenvalue weighted by Gasteiger charge is 2.43. The van der Waals surface area contributed by atoms with E-state index in [9.17, 15) is 9.18 Å². The van der Waals surface area contributed by atoms with Crippen LogP contribution in [-0.2, 0) is 28.6 Å². The number of benzene rings is 1. The Hall–Kier alpha value is -1.62. The largest absolute Gasteiger partial charge is 0.463 e. The van der Waals surface area contributed by atoms with Crippen molar-refractivity contribution in [2.45, 2.75) is 31.9 Å². The molecular weight excluding hydrogens is 295 g/mol. The van der Waals surface area contributed by atoms with Crippen LogP contribution in [0.1, 0.15) is 24.2 Å². The maximum absolute atomic E-state index is 13.2. The molecular formula is C15H16ClFN2O2. The third kappa shape index (κ3) is 2.75. The van der Waals surface area contributed by atoms with Crippen LogP contribution in [-0.4, -0.2) is 22.7 Å². The Balaban J connectivity index is 2.00. The summed E-state index contributed by atoms with van der Waals surface area (Å²) < 4.78 is 20.0. The molecule has 0 spiro atoms. The van der Waals surface area contributed by atoms with E-state index in [4.69, 9.17) is 16.3 Å². The van der Waals surface area contributed by atoms with E-state index in [1.165, 1.54) is 0 Å². The monoisotopic (exact) mass is 310 g/mol. The van der Waals surface area contributed by atoms with Crippen molar-refractivity contribution in [3.05, 3.63) is 29.6 Å². The Labute approximate surface area is 126 Å². The van der Waals surface area contributed by atoms with Crippen molar-refractivity contribution >= 4 is 29.1 Å². The molecule has 6 heteroatoms. The van der Waals surface area contributed by atoms with Crippen molar-refractivity contribution < 1.29 is 13.9 Å². The Kier molecular flexibility index (Phi) is 3.85. The van der Waals surface area contributed by atoms with E-state index >= 15 is 0 Å². The molecule has 112 valence electrons. The fourth-order valence-corrected chi connectivity index (χ4v) is 2.77. The first-order chi connectivity index (χ1) is 10.2. The van der Waals surface area contributed by atoms with Gasteiger partial charge < -0.3 is 9.30 Å². The minimum atomic E-state index is -0.317. The van der Waals surface area contributed by atoms with E-state index in [1.807, 2.05) is 22.8 Å². The summed E-state index contributed by atoms with van der Waals surface area (Å²) in [6, 6.07) is 5.67. The third-order valence-electron chi connectivity index (χ3n) is 4.06. The van der Waals surface area contributed by atoms with E-state index in [-0.39, 0.29) is 24.6 Å². The highest BCUT2D eigenvalue weighted by atomic mass is 35.5. The molecule has 4 nitrogen and oxygen atoms in total. The van der Waals surface area contributed by atoms with Crippen LogP contribution in [0.4, 0.5) is 4.39 Å². The average Bonchev–Trinajstić information content (AvgIpc) is 3.21. The molecule has 1 aliphatic rings. The number of halogens is 2. The van der Waals surface area contributed by atoms with Crippen LogP contribution in [0.2, 0.25) is 0 Å². The summed E-state index contributed by atoms with van der Waals surface area (Å²) in [7, 11) is 0. The van der Waals surface area contributed by atoms with Gasteiger partial charge in [-0.05, 0) is 30.5 Å². The standard InChI is InChI=1S/C15H16ClFN2O2/c16-6-14-18-12-2-1-11(7-21-10-20)5-13(12)19(14)9-15(8-17)3-4-15/h1-2,5,10H,3-4,6-9H2. The number of carbonyl (C=O) groups is 1. The first-order valence-electron chi connectivity index (χ1n) is 6.86. The quantitative estimate of drug-likeness (QED) is 0.582. The molecule has 0 radical (unpaired) electrons. The number of ether oxygens (including phenoxy) is 1. The lowest BCUT2D eigenvalue weighted by molar-refractivity contribution is -0.129. The molecule has 0 saturated heterocycles. The zero-order chi connectivity index (χ0) is 14.9. The highest BCUT2D eigenvalue weighted by molar-refractivity contribution is 6.16. The Bertz CT molecular complexity index is 667. The van der Waals surface area contributed by atoms with Gasteiger partial charge in [0.25, 0.3) is 6.47 Å². The topological polar surface area (TPSA) is 44.1 Å². The zero-order valence-corrected chi connectivity index (χ0v) is 12.3. The second-order valence-corrected chi connectivity index (χ2v) is 5.88. The number of imidazole rings is 1. The highest BCUT2D eigenvalue weighted by Crippen LogP contribution is 2.48. The van der Waals surface area contributed by atoms with E-state index in [0.29, 0.717) is 13.0 Å². The van der Waals surface area contributed by atoms with Gasteiger partial charge in [-0.25, -0.2) is 4.98 Å². The Morgan fingerprint density at radius 1 is 1.48 bits per heavy atom. The van der Waals surface area contributed by atoms with Crippen molar-refractivity contribution in [1.29, 1.82) is 0 Å². The second-order valence-electron chi connectivity index (χ2n) is 5.61. The molecule has 0 N–H and O–H groups in total. The predicted molar refractivity (Wildman–Crippen MR) is 77.8 cm³/mol. The van der Waals surface area contributed by atoms with Crippen molar-refractivity contribution in [2.75, 3.05) is 6.67 Å². The fraction of sp³-hybridized carbons (Fsp3) is 0.467. The first-order valence-corrected chi connectivity index (χ1v) is 7.40. The van der Waals surface area contributed by atoms with Crippen molar-refractivity contribution in [1.82, 2.24) is 9.55 Å². The number of carbonyl (C=O) groups excluding carboxylic acids is 1. The number of alkyl halides is 2. The summed E-state index contributed by atoms with van der Waals surface area (Å²) in [5, 5.41) is 0. The number of nitrogens with zero attached hydrogens (tertiary/aromatic N) is 2. The molecule has 0 amide bonds. The lowest BCUT2D eigenvalue weighted by Crippen LogP contribution is -2.15. The van der Waals surface area contributed by atoms with Crippen molar-refractivity contribution in [3.8, 4) is 0 Å². The van der Waals surface area contributed by atoms with E-state index in [2.05, 4.69) is 4.98 Å². The first kappa shape index (κ1) is 14.3. The van der Waals surface area contributed by atoms with Crippen LogP contribution in [0, 0.1) is 5.41 Å². The molecule has 1 aromatic carbocycles. The van der Waals surface area contributed by atoms with Gasteiger partial charge in [0.2, 0.25) is 0 Å². The minimum Gasteiger partial charge on any atom is -0.463 e. The summed E-state index contributed by atoms with van der Waals surface area (Å²) in [5.74, 6) is 1.04. The van der Waals surface area contributed by atoms with Gasteiger partial charge in [0, 0.05) is 12.0 Å². The van der Waals surface area contributed by atoms with Crippen molar-refractivity contribution in [2.24, 2.45) is 5.41 Å². The van der Waals surface area contributed by atoms with Crippen LogP contribution in [0.15, 0.2) is 18.2 Å². The lowest BCUT2D eigenvalue weighted by Gasteiger charge is -2.14. The van der Waals surface area contributed by atoms with E-state index in [0.717, 1.165) is 35.3 Å². The molecule has 3 rings (SSSR count). The number of aromatic nitrogens is 2. The summed E-state index contributed by atoms with van der Waals surface area (Å²) >= 11 is 5.97. The van der Waals surface area contributed by atoms with Gasteiger partial charge in [0.1, 0.15) is 12.4 Å². The van der Waals surface area contributed by atoms with E-state index < -0.39 is 0 Å². The van der Waals surface area contributed by atoms with Crippen LogP contribution in [0.5, 0.6) is 0 Å². The van der Waals surface area contributed by atoms with Crippen LogP contribution in [0.3, 0.4) is 0 Å². The average molecular weight is 311 g/mol. The predicted octanol–water partition coefficient (Wildman–Crippen LogP) is 3.20. The molecule has 1 saturated carbocycles. The fourth-order valence-electron chi connectivity index (χ4n) is 2.56. The van der Waals surface area contributed by atoms with Gasteiger partial charge >= 0.3 is 0 Å². The SMILES string of the molecule is O=COCc1ccc2nc(CCl)n(CC3(CF)CC3)c2c1. The molecule has 1 aromatic heterocycles. The Morgan fingerprint density at radius 3 is 2.90 bits per heavy atom. The molecule has 21 heavy (non-hydrogen) atoms. The molecule has 0 atom stereocenters. The molecule has 2 aromatic rings. The third-order valence-corrected chi connectivity index (χ3v) is 4.30. The Morgan fingerprint density at radius 2 is 2.29 bits per heavy atom. The van der Waals surface area contributed by atoms with Crippen LogP contribution in [0.25, 0.3) is 11.0 Å². The molecule has 1 heterocycles. The van der Waals surface area contributed by atoms with Crippen molar-refractivity contribution in [3.63, 3.8) is 0 Å².